The molecule has 4 aliphatic carbocycles. The summed E-state index contributed by atoms with van der Waals surface area (Å²) in [5.41, 5.74) is 3.26. The van der Waals surface area contributed by atoms with Gasteiger partial charge in [-0.3, -0.25) is 0 Å². The fraction of sp³-hybridized carbons (Fsp3) is 0.933. The monoisotopic (exact) mass is 428 g/mol. The molecule has 0 bridgehead atoms. The first-order chi connectivity index (χ1) is 14.4. The molecule has 3 fully saturated rings. The zero-order valence-electron chi connectivity index (χ0n) is 22.1. The Labute approximate surface area is 193 Å². The summed E-state index contributed by atoms with van der Waals surface area (Å²) in [7, 11) is 0. The van der Waals surface area contributed by atoms with Gasteiger partial charge in [0, 0.05) is 0 Å². The van der Waals surface area contributed by atoms with Crippen LogP contribution in [0.2, 0.25) is 0 Å². The number of rotatable bonds is 5. The standard InChI is InChI=1S/C30H52O/c1-20(2)10-9-11-21(3)27(5)15-14-26-25-13-12-23-19-24(31)18-22(4)30(23,8)29(25,7)17-16-28(26,27)6/h12,20-22,24-26,31H,9-11,13-19H2,1-8H3/t21-,22+,24+,25+,26+,27-,28+,29+,30+/m1/s1. The summed E-state index contributed by atoms with van der Waals surface area (Å²) in [4.78, 5) is 0. The maximum absolute atomic E-state index is 10.5. The van der Waals surface area contributed by atoms with Crippen LogP contribution in [0.25, 0.3) is 0 Å². The van der Waals surface area contributed by atoms with Crippen LogP contribution in [0.3, 0.4) is 0 Å². The Bertz CT molecular complexity index is 707. The van der Waals surface area contributed by atoms with E-state index in [0.717, 1.165) is 36.5 Å². The van der Waals surface area contributed by atoms with E-state index in [1.807, 2.05) is 0 Å². The first kappa shape index (κ1) is 23.8. The van der Waals surface area contributed by atoms with Crippen LogP contribution >= 0.6 is 0 Å². The first-order valence-corrected chi connectivity index (χ1v) is 13.8. The van der Waals surface area contributed by atoms with Crippen molar-refractivity contribution >= 4 is 0 Å². The molecule has 0 aliphatic heterocycles. The van der Waals surface area contributed by atoms with E-state index in [0.29, 0.717) is 22.2 Å². The molecule has 4 rings (SSSR count). The molecule has 178 valence electrons. The van der Waals surface area contributed by atoms with Crippen LogP contribution in [0.4, 0.5) is 0 Å². The highest BCUT2D eigenvalue weighted by molar-refractivity contribution is 5.30. The molecule has 0 aromatic rings. The van der Waals surface area contributed by atoms with Crippen LogP contribution in [0.1, 0.15) is 120 Å². The van der Waals surface area contributed by atoms with Gasteiger partial charge in [-0.1, -0.05) is 86.3 Å². The Morgan fingerprint density at radius 2 is 1.65 bits per heavy atom. The van der Waals surface area contributed by atoms with Crippen molar-refractivity contribution in [1.29, 1.82) is 0 Å². The smallest absolute Gasteiger partial charge is 0.0580 e. The molecule has 0 unspecified atom stereocenters. The Morgan fingerprint density at radius 3 is 2.32 bits per heavy atom. The molecule has 1 heteroatoms. The predicted molar refractivity (Wildman–Crippen MR) is 133 cm³/mol. The molecule has 1 N–H and O–H groups in total. The van der Waals surface area contributed by atoms with Crippen LogP contribution < -0.4 is 0 Å². The Hall–Kier alpha value is -0.300. The average Bonchev–Trinajstić information content (AvgIpc) is 2.96. The minimum Gasteiger partial charge on any atom is -0.393 e. The lowest BCUT2D eigenvalue weighted by atomic mass is 9.38. The lowest BCUT2D eigenvalue weighted by Crippen LogP contribution is -2.60. The molecule has 4 aliphatic rings. The number of hydrogen-bond donors (Lipinski definition) is 1. The molecule has 0 heterocycles. The SMILES string of the molecule is CC(C)CCC[C@@H](C)[C@@]1(C)CC[C@H]2[C@@H]3CC=C4C[C@@H](O)C[C@H](C)[C@]4(C)[C@@]3(C)CC[C@@]21C. The van der Waals surface area contributed by atoms with E-state index in [9.17, 15) is 5.11 Å². The maximum atomic E-state index is 10.5. The number of allylic oxidation sites excluding steroid dienone is 1. The molecule has 0 aromatic heterocycles. The molecule has 0 aromatic carbocycles. The molecule has 3 saturated carbocycles. The van der Waals surface area contributed by atoms with Gasteiger partial charge in [0.2, 0.25) is 0 Å². The van der Waals surface area contributed by atoms with Gasteiger partial charge in [0.1, 0.15) is 0 Å². The summed E-state index contributed by atoms with van der Waals surface area (Å²) in [6.07, 6.45) is 15.5. The number of aliphatic hydroxyl groups is 1. The van der Waals surface area contributed by atoms with Crippen molar-refractivity contribution < 1.29 is 5.11 Å². The van der Waals surface area contributed by atoms with Crippen LogP contribution in [0.15, 0.2) is 11.6 Å². The second kappa shape index (κ2) is 7.89. The van der Waals surface area contributed by atoms with Crippen molar-refractivity contribution in [3.63, 3.8) is 0 Å². The largest absolute Gasteiger partial charge is 0.393 e. The second-order valence-corrected chi connectivity index (χ2v) is 13.9. The zero-order chi connectivity index (χ0) is 22.8. The van der Waals surface area contributed by atoms with Crippen LogP contribution in [-0.4, -0.2) is 11.2 Å². The van der Waals surface area contributed by atoms with Crippen molar-refractivity contribution in [3.8, 4) is 0 Å². The van der Waals surface area contributed by atoms with Crippen molar-refractivity contribution in [2.45, 2.75) is 126 Å². The van der Waals surface area contributed by atoms with Crippen LogP contribution in [-0.2, 0) is 0 Å². The fourth-order valence-corrected chi connectivity index (χ4v) is 9.78. The Morgan fingerprint density at radius 1 is 0.968 bits per heavy atom. The third-order valence-electron chi connectivity index (χ3n) is 12.6. The summed E-state index contributed by atoms with van der Waals surface area (Å²) in [6, 6.07) is 0. The molecule has 1 nitrogen and oxygen atoms in total. The van der Waals surface area contributed by atoms with Gasteiger partial charge in [-0.15, -0.1) is 0 Å². The molecule has 0 saturated heterocycles. The normalized spacial score (nSPS) is 50.5. The summed E-state index contributed by atoms with van der Waals surface area (Å²) in [5.74, 6) is 3.95. The molecular formula is C30H52O. The third-order valence-corrected chi connectivity index (χ3v) is 12.6. The first-order valence-electron chi connectivity index (χ1n) is 13.8. The number of aliphatic hydroxyl groups excluding tert-OH is 1. The topological polar surface area (TPSA) is 20.2 Å². The third kappa shape index (κ3) is 3.25. The summed E-state index contributed by atoms with van der Waals surface area (Å²) < 4.78 is 0. The number of hydrogen-bond acceptors (Lipinski definition) is 1. The Balaban J connectivity index is 1.62. The van der Waals surface area contributed by atoms with Crippen LogP contribution in [0.5, 0.6) is 0 Å². The molecule has 0 radical (unpaired) electrons. The highest BCUT2D eigenvalue weighted by atomic mass is 16.3. The second-order valence-electron chi connectivity index (χ2n) is 13.9. The van der Waals surface area contributed by atoms with E-state index in [2.05, 4.69) is 61.5 Å². The minimum atomic E-state index is -0.121. The van der Waals surface area contributed by atoms with E-state index in [1.54, 1.807) is 5.57 Å². The van der Waals surface area contributed by atoms with Crippen molar-refractivity contribution in [1.82, 2.24) is 0 Å². The van der Waals surface area contributed by atoms with Gasteiger partial charge in [-0.2, -0.15) is 0 Å². The maximum Gasteiger partial charge on any atom is 0.0580 e. The predicted octanol–water partition coefficient (Wildman–Crippen LogP) is 8.41. The molecule has 0 spiro atoms. The van der Waals surface area contributed by atoms with Crippen molar-refractivity contribution in [3.05, 3.63) is 11.6 Å². The minimum absolute atomic E-state index is 0.121. The van der Waals surface area contributed by atoms with Gasteiger partial charge >= 0.3 is 0 Å². The zero-order valence-corrected chi connectivity index (χ0v) is 22.1. The van der Waals surface area contributed by atoms with Gasteiger partial charge in [0.25, 0.3) is 0 Å². The number of fused-ring (bicyclic) bond motifs is 5. The van der Waals surface area contributed by atoms with Gasteiger partial charge in [-0.05, 0) is 96.2 Å². The van der Waals surface area contributed by atoms with E-state index in [4.69, 9.17) is 0 Å². The molecule has 0 amide bonds. The van der Waals surface area contributed by atoms with Crippen molar-refractivity contribution in [2.24, 2.45) is 51.2 Å². The van der Waals surface area contributed by atoms with Crippen molar-refractivity contribution in [2.75, 3.05) is 0 Å². The summed E-state index contributed by atoms with van der Waals surface area (Å²) in [6.45, 7) is 20.4. The van der Waals surface area contributed by atoms with E-state index in [1.165, 1.54) is 51.4 Å². The lowest BCUT2D eigenvalue weighted by molar-refractivity contribution is -0.151. The fourth-order valence-electron chi connectivity index (χ4n) is 9.78. The van der Waals surface area contributed by atoms with E-state index < -0.39 is 0 Å². The summed E-state index contributed by atoms with van der Waals surface area (Å²) in [5, 5.41) is 10.5. The van der Waals surface area contributed by atoms with Gasteiger partial charge in [-0.25, -0.2) is 0 Å². The van der Waals surface area contributed by atoms with E-state index in [-0.39, 0.29) is 11.5 Å². The molecule has 31 heavy (non-hydrogen) atoms. The average molecular weight is 429 g/mol. The highest BCUT2D eigenvalue weighted by Crippen LogP contribution is 2.75. The quantitative estimate of drug-likeness (QED) is 0.436. The lowest BCUT2D eigenvalue weighted by Gasteiger charge is -2.67. The highest BCUT2D eigenvalue weighted by Gasteiger charge is 2.67. The van der Waals surface area contributed by atoms with Crippen LogP contribution in [0, 0.1) is 51.2 Å². The van der Waals surface area contributed by atoms with Gasteiger partial charge in [0.05, 0.1) is 6.10 Å². The molecule has 9 atom stereocenters. The van der Waals surface area contributed by atoms with Gasteiger partial charge in [0.15, 0.2) is 0 Å². The van der Waals surface area contributed by atoms with E-state index >= 15 is 0 Å². The van der Waals surface area contributed by atoms with Gasteiger partial charge < -0.3 is 5.11 Å². The molecular weight excluding hydrogens is 376 g/mol. The summed E-state index contributed by atoms with van der Waals surface area (Å²) >= 11 is 0. The Kier molecular flexibility index (Phi) is 6.07.